The van der Waals surface area contributed by atoms with Crippen molar-refractivity contribution >= 4 is 28.3 Å². The molecule has 37 heavy (non-hydrogen) atoms. The predicted molar refractivity (Wildman–Crippen MR) is 150 cm³/mol. The van der Waals surface area contributed by atoms with Gasteiger partial charge in [0.15, 0.2) is 5.78 Å². The zero-order chi connectivity index (χ0) is 26.3. The molecule has 0 radical (unpaired) electrons. The van der Waals surface area contributed by atoms with E-state index in [1.165, 1.54) is 6.08 Å². The third-order valence-corrected chi connectivity index (χ3v) is 7.00. The highest BCUT2D eigenvalue weighted by Crippen LogP contribution is 2.34. The standard InChI is InChI=1S/C31H28ClN3O2/c1-6-27(36)31(4,5)17-20-13-18(2)28(19(3)14-20)26-15-22-7-8-23(16-25(22)33-26)30-35-34-29(37-30)21-9-11-24(32)12-10-21/h6-16,33H,1,17H2,2-5H3. The van der Waals surface area contributed by atoms with Crippen molar-refractivity contribution in [3.8, 4) is 34.2 Å². The summed E-state index contributed by atoms with van der Waals surface area (Å²) >= 11 is 5.99. The number of benzene rings is 3. The number of aromatic nitrogens is 3. The van der Waals surface area contributed by atoms with Crippen LogP contribution < -0.4 is 0 Å². The van der Waals surface area contributed by atoms with E-state index in [4.69, 9.17) is 16.0 Å². The summed E-state index contributed by atoms with van der Waals surface area (Å²) in [5.41, 5.74) is 7.83. The number of H-pyrrole nitrogens is 1. The van der Waals surface area contributed by atoms with Gasteiger partial charge in [-0.15, -0.1) is 10.2 Å². The molecule has 2 aromatic heterocycles. The smallest absolute Gasteiger partial charge is 0.248 e. The molecule has 3 aromatic carbocycles. The van der Waals surface area contributed by atoms with Crippen LogP contribution in [-0.4, -0.2) is 21.0 Å². The van der Waals surface area contributed by atoms with Gasteiger partial charge in [-0.3, -0.25) is 4.79 Å². The number of carbonyl (C=O) groups excluding carboxylic acids is 1. The summed E-state index contributed by atoms with van der Waals surface area (Å²) in [5, 5.41) is 10.2. The molecule has 0 aliphatic carbocycles. The molecule has 0 amide bonds. The van der Waals surface area contributed by atoms with Crippen molar-refractivity contribution in [1.82, 2.24) is 15.2 Å². The highest BCUT2D eigenvalue weighted by atomic mass is 35.5. The first kappa shape index (κ1) is 24.7. The fourth-order valence-electron chi connectivity index (χ4n) is 4.90. The number of fused-ring (bicyclic) bond motifs is 1. The molecule has 0 aliphatic rings. The van der Waals surface area contributed by atoms with Crippen LogP contribution in [0.5, 0.6) is 0 Å². The maximum atomic E-state index is 12.3. The van der Waals surface area contributed by atoms with E-state index in [9.17, 15) is 4.79 Å². The highest BCUT2D eigenvalue weighted by molar-refractivity contribution is 6.30. The number of nitrogens with zero attached hydrogens (tertiary/aromatic N) is 2. The van der Waals surface area contributed by atoms with Crippen molar-refractivity contribution in [3.63, 3.8) is 0 Å². The number of halogens is 1. The van der Waals surface area contributed by atoms with Crippen LogP contribution in [0.25, 0.3) is 45.1 Å². The number of ketones is 1. The lowest BCUT2D eigenvalue weighted by atomic mass is 9.80. The molecule has 186 valence electrons. The average molecular weight is 510 g/mol. The number of rotatable bonds is 7. The Morgan fingerprint density at radius 1 is 0.973 bits per heavy atom. The van der Waals surface area contributed by atoms with Crippen molar-refractivity contribution in [2.45, 2.75) is 34.1 Å². The largest absolute Gasteiger partial charge is 0.416 e. The highest BCUT2D eigenvalue weighted by Gasteiger charge is 2.26. The minimum Gasteiger partial charge on any atom is -0.416 e. The zero-order valence-corrected chi connectivity index (χ0v) is 22.1. The van der Waals surface area contributed by atoms with Gasteiger partial charge >= 0.3 is 0 Å². The second-order valence-corrected chi connectivity index (χ2v) is 10.6. The van der Waals surface area contributed by atoms with E-state index in [1.807, 2.05) is 38.1 Å². The number of aromatic amines is 1. The van der Waals surface area contributed by atoms with Gasteiger partial charge in [-0.05, 0) is 85.5 Å². The maximum absolute atomic E-state index is 12.3. The molecule has 0 atom stereocenters. The van der Waals surface area contributed by atoms with Crippen molar-refractivity contribution in [2.24, 2.45) is 5.41 Å². The molecule has 0 fully saturated rings. The van der Waals surface area contributed by atoms with Crippen LogP contribution in [0.2, 0.25) is 5.02 Å². The lowest BCUT2D eigenvalue weighted by molar-refractivity contribution is -0.122. The lowest BCUT2D eigenvalue weighted by Crippen LogP contribution is -2.25. The van der Waals surface area contributed by atoms with Crippen LogP contribution in [0.1, 0.15) is 30.5 Å². The van der Waals surface area contributed by atoms with Gasteiger partial charge in [0.1, 0.15) is 0 Å². The summed E-state index contributed by atoms with van der Waals surface area (Å²) in [6.07, 6.45) is 2.08. The first-order valence-electron chi connectivity index (χ1n) is 12.1. The predicted octanol–water partition coefficient (Wildman–Crippen LogP) is 8.15. The molecule has 0 saturated heterocycles. The van der Waals surface area contributed by atoms with Gasteiger partial charge in [-0.1, -0.05) is 50.2 Å². The average Bonchev–Trinajstić information content (AvgIpc) is 3.50. The maximum Gasteiger partial charge on any atom is 0.248 e. The molecule has 0 saturated carbocycles. The Morgan fingerprint density at radius 2 is 1.59 bits per heavy atom. The van der Waals surface area contributed by atoms with Crippen molar-refractivity contribution < 1.29 is 9.21 Å². The molecular weight excluding hydrogens is 482 g/mol. The van der Waals surface area contributed by atoms with E-state index in [0.29, 0.717) is 23.2 Å². The molecule has 1 N–H and O–H groups in total. The molecule has 0 spiro atoms. The third-order valence-electron chi connectivity index (χ3n) is 6.75. The van der Waals surface area contributed by atoms with Gasteiger partial charge in [-0.2, -0.15) is 0 Å². The molecule has 2 heterocycles. The zero-order valence-electron chi connectivity index (χ0n) is 21.4. The number of carbonyl (C=O) groups is 1. The Labute approximate surface area is 221 Å². The fraction of sp³-hybridized carbons (Fsp3) is 0.194. The monoisotopic (exact) mass is 509 g/mol. The van der Waals surface area contributed by atoms with E-state index in [1.54, 1.807) is 12.1 Å². The summed E-state index contributed by atoms with van der Waals surface area (Å²) < 4.78 is 5.94. The van der Waals surface area contributed by atoms with Crippen LogP contribution >= 0.6 is 11.6 Å². The van der Waals surface area contributed by atoms with Gasteiger partial charge < -0.3 is 9.40 Å². The Balaban J connectivity index is 1.45. The van der Waals surface area contributed by atoms with Gasteiger partial charge in [0.05, 0.1) is 0 Å². The number of aryl methyl sites for hydroxylation is 2. The minimum absolute atomic E-state index is 0.0554. The van der Waals surface area contributed by atoms with Crippen molar-refractivity contribution in [2.75, 3.05) is 0 Å². The van der Waals surface area contributed by atoms with E-state index < -0.39 is 5.41 Å². The van der Waals surface area contributed by atoms with Crippen LogP contribution in [0.3, 0.4) is 0 Å². The molecule has 6 heteroatoms. The summed E-state index contributed by atoms with van der Waals surface area (Å²) in [5.74, 6) is 0.958. The molecule has 0 aliphatic heterocycles. The summed E-state index contributed by atoms with van der Waals surface area (Å²) in [4.78, 5) is 15.8. The van der Waals surface area contributed by atoms with Gasteiger partial charge in [-0.25, -0.2) is 0 Å². The van der Waals surface area contributed by atoms with Crippen LogP contribution in [0.4, 0.5) is 0 Å². The first-order valence-corrected chi connectivity index (χ1v) is 12.5. The normalized spacial score (nSPS) is 11.7. The third kappa shape index (κ3) is 4.87. The van der Waals surface area contributed by atoms with Gasteiger partial charge in [0, 0.05) is 43.7 Å². The summed E-state index contributed by atoms with van der Waals surface area (Å²) in [6, 6.07) is 19.9. The fourth-order valence-corrected chi connectivity index (χ4v) is 5.02. The van der Waals surface area contributed by atoms with Crippen LogP contribution in [-0.2, 0) is 11.2 Å². The molecule has 5 nitrogen and oxygen atoms in total. The van der Waals surface area contributed by atoms with Crippen molar-refractivity contribution in [1.29, 1.82) is 0 Å². The molecule has 5 aromatic rings. The minimum atomic E-state index is -0.484. The SMILES string of the molecule is C=CC(=O)C(C)(C)Cc1cc(C)c(-c2cc3ccc(-c4nnc(-c5ccc(Cl)cc5)o4)cc3[nH]2)c(C)c1. The van der Waals surface area contributed by atoms with E-state index in [0.717, 1.165) is 50.0 Å². The van der Waals surface area contributed by atoms with Crippen LogP contribution in [0.15, 0.2) is 77.7 Å². The summed E-state index contributed by atoms with van der Waals surface area (Å²) in [7, 11) is 0. The molecule has 5 rings (SSSR count). The van der Waals surface area contributed by atoms with E-state index in [2.05, 4.69) is 59.9 Å². The van der Waals surface area contributed by atoms with Gasteiger partial charge in [0.25, 0.3) is 0 Å². The molecule has 0 unspecified atom stereocenters. The van der Waals surface area contributed by atoms with E-state index in [-0.39, 0.29) is 5.78 Å². The number of hydrogen-bond acceptors (Lipinski definition) is 4. The lowest BCUT2D eigenvalue weighted by Gasteiger charge is -2.22. The second-order valence-electron chi connectivity index (χ2n) is 10.1. The van der Waals surface area contributed by atoms with Crippen molar-refractivity contribution in [3.05, 3.63) is 95.0 Å². The Kier molecular flexibility index (Phi) is 6.34. The summed E-state index contributed by atoms with van der Waals surface area (Å²) in [6.45, 7) is 11.8. The van der Waals surface area contributed by atoms with E-state index >= 15 is 0 Å². The first-order chi connectivity index (χ1) is 17.6. The second kappa shape index (κ2) is 9.49. The molecular formula is C31H28ClN3O2. The number of nitrogens with one attached hydrogen (secondary N) is 1. The number of hydrogen-bond donors (Lipinski definition) is 1. The number of allylic oxidation sites excluding steroid dienone is 1. The Morgan fingerprint density at radius 3 is 2.24 bits per heavy atom. The van der Waals surface area contributed by atoms with Gasteiger partial charge in [0.2, 0.25) is 11.8 Å². The van der Waals surface area contributed by atoms with Crippen LogP contribution in [0, 0.1) is 19.3 Å². The molecule has 0 bridgehead atoms. The topological polar surface area (TPSA) is 71.8 Å². The Hall–Kier alpha value is -3.96. The quantitative estimate of drug-likeness (QED) is 0.225. The Bertz CT molecular complexity index is 1620.